The molecule has 18 heavy (non-hydrogen) atoms. The van der Waals surface area contributed by atoms with Crippen LogP contribution in [0.2, 0.25) is 0 Å². The summed E-state index contributed by atoms with van der Waals surface area (Å²) in [5.74, 6) is 5.38. The van der Waals surface area contributed by atoms with E-state index in [2.05, 4.69) is 39.7 Å². The standard InChI is InChI=1S/C17H30O/c1-5-6-7-8-9-12-18-17-13-15(4)10-11-16(17)14(2)3/h14-17H,5-8,10-11,13H2,1-4H3/t15-,16-,17-/m1/s1. The van der Waals surface area contributed by atoms with Crippen molar-refractivity contribution >= 4 is 0 Å². The Morgan fingerprint density at radius 1 is 1.22 bits per heavy atom. The van der Waals surface area contributed by atoms with Gasteiger partial charge in [0.2, 0.25) is 0 Å². The van der Waals surface area contributed by atoms with Gasteiger partial charge in [0, 0.05) is 6.42 Å². The van der Waals surface area contributed by atoms with Crippen molar-refractivity contribution in [1.29, 1.82) is 0 Å². The lowest BCUT2D eigenvalue weighted by Crippen LogP contribution is -2.33. The summed E-state index contributed by atoms with van der Waals surface area (Å²) in [5.41, 5.74) is 0. The molecule has 1 fully saturated rings. The van der Waals surface area contributed by atoms with E-state index in [0.29, 0.717) is 17.9 Å². The van der Waals surface area contributed by atoms with Crippen LogP contribution >= 0.6 is 0 Å². The van der Waals surface area contributed by atoms with Gasteiger partial charge in [0.15, 0.2) is 0 Å². The Labute approximate surface area is 114 Å². The molecule has 1 saturated carbocycles. The van der Waals surface area contributed by atoms with E-state index in [0.717, 1.165) is 12.3 Å². The third kappa shape index (κ3) is 5.34. The molecular formula is C17H30O. The second kappa shape index (κ2) is 8.46. The highest BCUT2D eigenvalue weighted by atomic mass is 16.5. The Balaban J connectivity index is 2.36. The molecule has 0 aromatic rings. The van der Waals surface area contributed by atoms with Crippen molar-refractivity contribution in [2.45, 2.75) is 78.7 Å². The second-order valence-corrected chi connectivity index (χ2v) is 6.22. The van der Waals surface area contributed by atoms with E-state index < -0.39 is 0 Å². The van der Waals surface area contributed by atoms with Gasteiger partial charge in [-0.05, 0) is 37.0 Å². The first-order valence-electron chi connectivity index (χ1n) is 7.78. The lowest BCUT2D eigenvalue weighted by Gasteiger charge is -2.35. The minimum absolute atomic E-state index is 0.368. The second-order valence-electron chi connectivity index (χ2n) is 6.22. The number of hydrogen-bond acceptors (Lipinski definition) is 1. The maximum Gasteiger partial charge on any atom is 0.114 e. The summed E-state index contributed by atoms with van der Waals surface area (Å²) >= 11 is 0. The Morgan fingerprint density at radius 3 is 2.67 bits per heavy atom. The third-order valence-electron chi connectivity index (χ3n) is 4.15. The number of rotatable bonds is 5. The zero-order chi connectivity index (χ0) is 13.4. The van der Waals surface area contributed by atoms with E-state index in [-0.39, 0.29) is 0 Å². The predicted molar refractivity (Wildman–Crippen MR) is 78.1 cm³/mol. The minimum atomic E-state index is 0.368. The van der Waals surface area contributed by atoms with E-state index in [1.165, 1.54) is 38.5 Å². The molecule has 0 saturated heterocycles. The summed E-state index contributed by atoms with van der Waals surface area (Å²) in [4.78, 5) is 0. The molecule has 0 heterocycles. The Bertz CT molecular complexity index is 271. The van der Waals surface area contributed by atoms with Gasteiger partial charge in [0.05, 0.1) is 0 Å². The fourth-order valence-corrected chi connectivity index (χ4v) is 2.88. The van der Waals surface area contributed by atoms with Crippen LogP contribution in [-0.2, 0) is 4.74 Å². The van der Waals surface area contributed by atoms with E-state index in [4.69, 9.17) is 4.74 Å². The van der Waals surface area contributed by atoms with Crippen molar-refractivity contribution < 1.29 is 4.74 Å². The molecule has 1 aliphatic rings. The number of unbranched alkanes of at least 4 members (excludes halogenated alkanes) is 3. The molecule has 0 N–H and O–H groups in total. The van der Waals surface area contributed by atoms with Gasteiger partial charge < -0.3 is 4.74 Å². The quantitative estimate of drug-likeness (QED) is 0.492. The average Bonchev–Trinajstić information content (AvgIpc) is 2.33. The summed E-state index contributed by atoms with van der Waals surface area (Å²) in [5, 5.41) is 0. The van der Waals surface area contributed by atoms with Gasteiger partial charge >= 0.3 is 0 Å². The van der Waals surface area contributed by atoms with Crippen molar-refractivity contribution in [1.82, 2.24) is 0 Å². The van der Waals surface area contributed by atoms with Crippen molar-refractivity contribution in [3.05, 3.63) is 0 Å². The maximum absolute atomic E-state index is 5.85. The summed E-state index contributed by atoms with van der Waals surface area (Å²) < 4.78 is 5.85. The zero-order valence-electron chi connectivity index (χ0n) is 12.7. The molecule has 1 heteroatoms. The van der Waals surface area contributed by atoms with E-state index >= 15 is 0 Å². The molecular weight excluding hydrogens is 220 g/mol. The Morgan fingerprint density at radius 2 is 2.00 bits per heavy atom. The first-order valence-corrected chi connectivity index (χ1v) is 7.78. The van der Waals surface area contributed by atoms with Crippen molar-refractivity contribution in [3.63, 3.8) is 0 Å². The predicted octanol–water partition coefficient (Wildman–Crippen LogP) is 5.01. The molecule has 0 aliphatic heterocycles. The fourth-order valence-electron chi connectivity index (χ4n) is 2.88. The molecule has 0 amide bonds. The largest absolute Gasteiger partial charge is 0.443 e. The van der Waals surface area contributed by atoms with E-state index in [1.54, 1.807) is 0 Å². The normalized spacial score (nSPS) is 27.7. The fraction of sp³-hybridized carbons (Fsp3) is 0.882. The molecule has 0 bridgehead atoms. The molecule has 3 atom stereocenters. The van der Waals surface area contributed by atoms with Crippen molar-refractivity contribution in [3.8, 4) is 12.0 Å². The first kappa shape index (κ1) is 15.4. The van der Waals surface area contributed by atoms with Gasteiger partial charge in [0.1, 0.15) is 12.2 Å². The minimum Gasteiger partial charge on any atom is -0.443 e. The molecule has 1 aliphatic carbocycles. The molecule has 1 nitrogen and oxygen atoms in total. The summed E-state index contributed by atoms with van der Waals surface area (Å²) in [6.45, 7) is 9.18. The summed E-state index contributed by atoms with van der Waals surface area (Å²) in [6.07, 6.45) is 11.9. The monoisotopic (exact) mass is 250 g/mol. The van der Waals surface area contributed by atoms with Crippen LogP contribution in [0.4, 0.5) is 0 Å². The highest BCUT2D eigenvalue weighted by Crippen LogP contribution is 2.35. The van der Waals surface area contributed by atoms with Crippen LogP contribution in [0.5, 0.6) is 0 Å². The highest BCUT2D eigenvalue weighted by Gasteiger charge is 2.31. The Hall–Kier alpha value is -0.640. The van der Waals surface area contributed by atoms with Gasteiger partial charge in [-0.15, -0.1) is 0 Å². The van der Waals surface area contributed by atoms with Gasteiger partial charge in [-0.25, -0.2) is 0 Å². The molecule has 0 aromatic heterocycles. The SMILES string of the molecule is CCCCCC#CO[C@@H]1C[C@H](C)CC[C@@H]1C(C)C. The average molecular weight is 250 g/mol. The molecule has 0 spiro atoms. The van der Waals surface area contributed by atoms with Gasteiger partial charge in [-0.2, -0.15) is 0 Å². The number of hydrogen-bond donors (Lipinski definition) is 0. The van der Waals surface area contributed by atoms with Crippen LogP contribution in [0.15, 0.2) is 0 Å². The molecule has 0 aromatic carbocycles. The molecule has 1 rings (SSSR count). The van der Waals surface area contributed by atoms with E-state index in [1.807, 2.05) is 0 Å². The topological polar surface area (TPSA) is 9.23 Å². The molecule has 0 unspecified atom stereocenters. The highest BCUT2D eigenvalue weighted by molar-refractivity contribution is 4.93. The zero-order valence-corrected chi connectivity index (χ0v) is 12.7. The third-order valence-corrected chi connectivity index (χ3v) is 4.15. The van der Waals surface area contributed by atoms with Crippen LogP contribution in [-0.4, -0.2) is 6.10 Å². The van der Waals surface area contributed by atoms with Crippen LogP contribution < -0.4 is 0 Å². The number of ether oxygens (including phenoxy) is 1. The maximum atomic E-state index is 5.85. The van der Waals surface area contributed by atoms with Crippen LogP contribution in [0.1, 0.15) is 72.6 Å². The van der Waals surface area contributed by atoms with Crippen LogP contribution in [0.25, 0.3) is 0 Å². The summed E-state index contributed by atoms with van der Waals surface area (Å²) in [6, 6.07) is 0. The molecule has 0 radical (unpaired) electrons. The smallest absolute Gasteiger partial charge is 0.114 e. The van der Waals surface area contributed by atoms with Crippen LogP contribution in [0, 0.1) is 29.8 Å². The van der Waals surface area contributed by atoms with E-state index in [9.17, 15) is 0 Å². The van der Waals surface area contributed by atoms with Crippen LogP contribution in [0.3, 0.4) is 0 Å². The van der Waals surface area contributed by atoms with Gasteiger partial charge in [-0.3, -0.25) is 0 Å². The summed E-state index contributed by atoms with van der Waals surface area (Å²) in [7, 11) is 0. The molecule has 104 valence electrons. The van der Waals surface area contributed by atoms with Gasteiger partial charge in [-0.1, -0.05) is 52.9 Å². The lowest BCUT2D eigenvalue weighted by molar-refractivity contribution is 0.0251. The van der Waals surface area contributed by atoms with Gasteiger partial charge in [0.25, 0.3) is 0 Å². The Kier molecular flexibility index (Phi) is 7.25. The van der Waals surface area contributed by atoms with Crippen molar-refractivity contribution in [2.24, 2.45) is 17.8 Å². The first-order chi connectivity index (χ1) is 8.65. The lowest BCUT2D eigenvalue weighted by atomic mass is 9.75. The van der Waals surface area contributed by atoms with Crippen molar-refractivity contribution in [2.75, 3.05) is 0 Å².